The van der Waals surface area contributed by atoms with Crippen LogP contribution in [-0.2, 0) is 9.59 Å². The molecule has 26 heavy (non-hydrogen) atoms. The van der Waals surface area contributed by atoms with E-state index in [1.807, 2.05) is 26.8 Å². The molecule has 2 rings (SSSR count). The van der Waals surface area contributed by atoms with Crippen molar-refractivity contribution in [2.75, 3.05) is 13.1 Å². The molecular formula is C19H26N2O5. The molecule has 0 aliphatic carbocycles. The van der Waals surface area contributed by atoms with Crippen LogP contribution in [0.4, 0.5) is 0 Å². The maximum absolute atomic E-state index is 12.8. The summed E-state index contributed by atoms with van der Waals surface area (Å²) in [5.41, 5.74) is -0.342. The van der Waals surface area contributed by atoms with Gasteiger partial charge in [0.05, 0.1) is 0 Å². The lowest BCUT2D eigenvalue weighted by molar-refractivity contribution is -0.165. The molecule has 0 saturated carbocycles. The summed E-state index contributed by atoms with van der Waals surface area (Å²) in [5, 5.41) is 21.9. The van der Waals surface area contributed by atoms with Gasteiger partial charge in [0.25, 0.3) is 5.91 Å². The summed E-state index contributed by atoms with van der Waals surface area (Å²) in [6.07, 6.45) is -0.0462. The second-order valence-corrected chi connectivity index (χ2v) is 7.23. The number of hydrogen-bond donors (Lipinski definition) is 3. The Morgan fingerprint density at radius 1 is 1.19 bits per heavy atom. The fourth-order valence-electron chi connectivity index (χ4n) is 3.03. The van der Waals surface area contributed by atoms with Gasteiger partial charge in [-0.1, -0.05) is 31.5 Å². The van der Waals surface area contributed by atoms with Gasteiger partial charge in [-0.3, -0.25) is 9.59 Å². The molecule has 0 aromatic heterocycles. The van der Waals surface area contributed by atoms with Crippen molar-refractivity contribution in [1.82, 2.24) is 10.2 Å². The summed E-state index contributed by atoms with van der Waals surface area (Å²) < 4.78 is 0. The van der Waals surface area contributed by atoms with Crippen LogP contribution in [0.3, 0.4) is 0 Å². The van der Waals surface area contributed by atoms with Gasteiger partial charge in [0.15, 0.2) is 5.60 Å². The van der Waals surface area contributed by atoms with E-state index in [-0.39, 0.29) is 43.7 Å². The number of carboxylic acids is 1. The number of rotatable bonds is 5. The zero-order valence-corrected chi connectivity index (χ0v) is 15.4. The van der Waals surface area contributed by atoms with Gasteiger partial charge in [-0.05, 0) is 25.0 Å². The number of amides is 2. The molecule has 1 aliphatic rings. The number of aliphatic hydroxyl groups is 1. The molecule has 1 saturated heterocycles. The van der Waals surface area contributed by atoms with Crippen LogP contribution in [0.15, 0.2) is 24.3 Å². The quantitative estimate of drug-likeness (QED) is 0.729. The SMILES string of the molecule is Cc1cccc(C(=O)NC(C(=O)N2CCC(O)(C(=O)O)CC2)C(C)C)c1. The molecule has 0 spiro atoms. The zero-order chi connectivity index (χ0) is 19.5. The molecule has 1 atom stereocenters. The zero-order valence-electron chi connectivity index (χ0n) is 15.4. The molecule has 7 heteroatoms. The first-order chi connectivity index (χ1) is 12.1. The number of nitrogens with one attached hydrogen (secondary N) is 1. The topological polar surface area (TPSA) is 107 Å². The van der Waals surface area contributed by atoms with Gasteiger partial charge in [0.2, 0.25) is 5.91 Å². The third-order valence-corrected chi connectivity index (χ3v) is 4.80. The highest BCUT2D eigenvalue weighted by Gasteiger charge is 2.41. The van der Waals surface area contributed by atoms with Crippen molar-refractivity contribution in [3.05, 3.63) is 35.4 Å². The maximum Gasteiger partial charge on any atom is 0.335 e. The summed E-state index contributed by atoms with van der Waals surface area (Å²) in [7, 11) is 0. The summed E-state index contributed by atoms with van der Waals surface area (Å²) in [6.45, 7) is 5.86. The Hall–Kier alpha value is -2.41. The maximum atomic E-state index is 12.8. The molecule has 1 aromatic carbocycles. The van der Waals surface area contributed by atoms with E-state index in [0.29, 0.717) is 5.56 Å². The van der Waals surface area contributed by atoms with Crippen molar-refractivity contribution in [2.45, 2.75) is 45.3 Å². The van der Waals surface area contributed by atoms with E-state index in [9.17, 15) is 19.5 Å². The second-order valence-electron chi connectivity index (χ2n) is 7.23. The number of aryl methyl sites for hydroxylation is 1. The molecule has 1 aromatic rings. The van der Waals surface area contributed by atoms with Crippen molar-refractivity contribution in [1.29, 1.82) is 0 Å². The van der Waals surface area contributed by atoms with Crippen LogP contribution in [0.2, 0.25) is 0 Å². The van der Waals surface area contributed by atoms with Crippen LogP contribution < -0.4 is 5.32 Å². The average Bonchev–Trinajstić information content (AvgIpc) is 2.59. The number of nitrogens with zero attached hydrogens (tertiary/aromatic N) is 1. The number of hydrogen-bond acceptors (Lipinski definition) is 4. The lowest BCUT2D eigenvalue weighted by atomic mass is 9.90. The van der Waals surface area contributed by atoms with Crippen molar-refractivity contribution >= 4 is 17.8 Å². The smallest absolute Gasteiger partial charge is 0.335 e. The monoisotopic (exact) mass is 362 g/mol. The van der Waals surface area contributed by atoms with E-state index < -0.39 is 17.6 Å². The molecule has 1 fully saturated rings. The van der Waals surface area contributed by atoms with Crippen LogP contribution >= 0.6 is 0 Å². The van der Waals surface area contributed by atoms with E-state index in [0.717, 1.165) is 5.56 Å². The average molecular weight is 362 g/mol. The molecule has 1 unspecified atom stereocenters. The highest BCUT2D eigenvalue weighted by atomic mass is 16.4. The highest BCUT2D eigenvalue weighted by molar-refractivity contribution is 5.97. The molecule has 0 radical (unpaired) electrons. The Morgan fingerprint density at radius 3 is 2.31 bits per heavy atom. The molecule has 3 N–H and O–H groups in total. The minimum atomic E-state index is -1.78. The fourth-order valence-corrected chi connectivity index (χ4v) is 3.03. The summed E-state index contributed by atoms with van der Waals surface area (Å²) in [4.78, 5) is 38.0. The van der Waals surface area contributed by atoms with Gasteiger partial charge in [0, 0.05) is 31.5 Å². The predicted octanol–water partition coefficient (Wildman–Crippen LogP) is 1.19. The van der Waals surface area contributed by atoms with E-state index in [1.54, 1.807) is 18.2 Å². The Bertz CT molecular complexity index is 693. The molecule has 2 amide bonds. The molecule has 1 aliphatic heterocycles. The standard InChI is InChI=1S/C19H26N2O5/c1-12(2)15(20-16(22)14-6-4-5-13(3)11-14)17(23)21-9-7-19(26,8-10-21)18(24)25/h4-6,11-12,15,26H,7-10H2,1-3H3,(H,20,22)(H,24,25). The van der Waals surface area contributed by atoms with Gasteiger partial charge >= 0.3 is 5.97 Å². The number of carboxylic acid groups (broad SMARTS) is 1. The fraction of sp³-hybridized carbons (Fsp3) is 0.526. The van der Waals surface area contributed by atoms with Gasteiger partial charge in [0.1, 0.15) is 6.04 Å². The summed E-state index contributed by atoms with van der Waals surface area (Å²) in [6, 6.07) is 6.41. The van der Waals surface area contributed by atoms with Crippen molar-refractivity contribution in [2.24, 2.45) is 5.92 Å². The first-order valence-electron chi connectivity index (χ1n) is 8.76. The largest absolute Gasteiger partial charge is 0.479 e. The summed E-state index contributed by atoms with van der Waals surface area (Å²) >= 11 is 0. The van der Waals surface area contributed by atoms with Crippen LogP contribution in [0.1, 0.15) is 42.6 Å². The minimum absolute atomic E-state index is 0.0231. The van der Waals surface area contributed by atoms with Crippen molar-refractivity contribution < 1.29 is 24.6 Å². The van der Waals surface area contributed by atoms with Gasteiger partial charge in [-0.25, -0.2) is 4.79 Å². The number of carbonyl (C=O) groups excluding carboxylic acids is 2. The van der Waals surface area contributed by atoms with E-state index in [1.165, 1.54) is 4.90 Å². The first kappa shape index (κ1) is 19.9. The van der Waals surface area contributed by atoms with E-state index >= 15 is 0 Å². The Kier molecular flexibility index (Phi) is 6.02. The third-order valence-electron chi connectivity index (χ3n) is 4.80. The lowest BCUT2D eigenvalue weighted by Gasteiger charge is -2.37. The first-order valence-corrected chi connectivity index (χ1v) is 8.76. The van der Waals surface area contributed by atoms with Crippen molar-refractivity contribution in [3.8, 4) is 0 Å². The Balaban J connectivity index is 2.06. The van der Waals surface area contributed by atoms with Crippen LogP contribution in [0.5, 0.6) is 0 Å². The van der Waals surface area contributed by atoms with Crippen LogP contribution in [0.25, 0.3) is 0 Å². The number of piperidine rings is 1. The third kappa shape index (κ3) is 4.40. The molecular weight excluding hydrogens is 336 g/mol. The second kappa shape index (κ2) is 7.86. The molecule has 7 nitrogen and oxygen atoms in total. The molecule has 0 bridgehead atoms. The van der Waals surface area contributed by atoms with E-state index in [2.05, 4.69) is 5.32 Å². The van der Waals surface area contributed by atoms with Gasteiger partial charge < -0.3 is 20.4 Å². The summed E-state index contributed by atoms with van der Waals surface area (Å²) in [5.74, 6) is -1.97. The number of aliphatic carboxylic acids is 1. The number of carbonyl (C=O) groups is 3. The number of likely N-dealkylation sites (tertiary alicyclic amines) is 1. The van der Waals surface area contributed by atoms with Crippen molar-refractivity contribution in [3.63, 3.8) is 0 Å². The van der Waals surface area contributed by atoms with Crippen LogP contribution in [0, 0.1) is 12.8 Å². The lowest BCUT2D eigenvalue weighted by Crippen LogP contribution is -2.56. The highest BCUT2D eigenvalue weighted by Crippen LogP contribution is 2.23. The molecule has 142 valence electrons. The van der Waals surface area contributed by atoms with Gasteiger partial charge in [-0.15, -0.1) is 0 Å². The predicted molar refractivity (Wildman–Crippen MR) is 95.7 cm³/mol. The normalized spacial score (nSPS) is 17.7. The Labute approximate surface area is 153 Å². The number of benzene rings is 1. The van der Waals surface area contributed by atoms with E-state index in [4.69, 9.17) is 5.11 Å². The van der Waals surface area contributed by atoms with Crippen LogP contribution in [-0.4, -0.2) is 57.6 Å². The van der Waals surface area contributed by atoms with Gasteiger partial charge in [-0.2, -0.15) is 0 Å². The Morgan fingerprint density at radius 2 is 1.81 bits per heavy atom. The minimum Gasteiger partial charge on any atom is -0.479 e. The molecule has 1 heterocycles.